The van der Waals surface area contributed by atoms with E-state index >= 15 is 0 Å². The molecule has 0 saturated carbocycles. The molecule has 0 saturated heterocycles. The van der Waals surface area contributed by atoms with Gasteiger partial charge >= 0.3 is 0 Å². The molecule has 0 aliphatic heterocycles. The van der Waals surface area contributed by atoms with E-state index in [4.69, 9.17) is 9.97 Å². The Morgan fingerprint density at radius 3 is 2.71 bits per heavy atom. The van der Waals surface area contributed by atoms with E-state index in [9.17, 15) is 0 Å². The van der Waals surface area contributed by atoms with Gasteiger partial charge in [-0.05, 0) is 64.4 Å². The van der Waals surface area contributed by atoms with Crippen LogP contribution in [0.25, 0.3) is 49.6 Å². The molecule has 1 aliphatic rings. The molecule has 0 N–H and O–H groups in total. The van der Waals surface area contributed by atoms with Crippen molar-refractivity contribution in [2.75, 3.05) is 0 Å². The predicted octanol–water partition coefficient (Wildman–Crippen LogP) is 5.16. The largest absolute Gasteiger partial charge is 0.276 e. The van der Waals surface area contributed by atoms with Crippen LogP contribution >= 0.6 is 0 Å². The fourth-order valence-corrected chi connectivity index (χ4v) is 4.69. The van der Waals surface area contributed by atoms with E-state index in [1.165, 1.54) is 22.3 Å². The van der Waals surface area contributed by atoms with Crippen molar-refractivity contribution < 1.29 is 0 Å². The number of fused-ring (bicyclic) bond motifs is 11. The molecule has 4 heteroatoms. The van der Waals surface area contributed by atoms with Crippen LogP contribution in [0.4, 0.5) is 0 Å². The van der Waals surface area contributed by atoms with E-state index in [2.05, 4.69) is 57.9 Å². The van der Waals surface area contributed by atoms with Gasteiger partial charge in [-0.15, -0.1) is 0 Å². The third kappa shape index (κ3) is 1.68. The smallest absolute Gasteiger partial charge is 0.149 e. The molecule has 130 valence electrons. The molecular weight excluding hydrogens is 344 g/mol. The Kier molecular flexibility index (Phi) is 2.51. The summed E-state index contributed by atoms with van der Waals surface area (Å²) < 4.78 is 2.19. The zero-order valence-corrected chi connectivity index (χ0v) is 14.9. The van der Waals surface area contributed by atoms with Crippen LogP contribution in [-0.4, -0.2) is 19.4 Å². The van der Waals surface area contributed by atoms with Crippen LogP contribution in [-0.2, 0) is 6.42 Å². The minimum atomic E-state index is 0.918. The van der Waals surface area contributed by atoms with Crippen LogP contribution in [0.5, 0.6) is 0 Å². The lowest BCUT2D eigenvalue weighted by molar-refractivity contribution is 1.23. The third-order valence-corrected chi connectivity index (χ3v) is 5.92. The van der Waals surface area contributed by atoms with Gasteiger partial charge in [0.2, 0.25) is 0 Å². The van der Waals surface area contributed by atoms with Crippen LogP contribution in [0, 0.1) is 0 Å². The van der Waals surface area contributed by atoms with Crippen LogP contribution in [0.1, 0.15) is 11.1 Å². The second-order valence-electron chi connectivity index (χ2n) is 7.40. The molecule has 7 rings (SSSR count). The molecule has 6 aromatic rings. The molecule has 28 heavy (non-hydrogen) atoms. The third-order valence-electron chi connectivity index (χ3n) is 5.92. The maximum absolute atomic E-state index is 5.02. The van der Waals surface area contributed by atoms with E-state index < -0.39 is 0 Å². The molecule has 0 bridgehead atoms. The molecule has 0 radical (unpaired) electrons. The summed E-state index contributed by atoms with van der Waals surface area (Å²) in [5, 5.41) is 3.31. The van der Waals surface area contributed by atoms with Crippen molar-refractivity contribution in [2.45, 2.75) is 6.42 Å². The first-order chi connectivity index (χ1) is 13.9. The highest BCUT2D eigenvalue weighted by molar-refractivity contribution is 6.12. The fourth-order valence-electron chi connectivity index (χ4n) is 4.69. The van der Waals surface area contributed by atoms with Gasteiger partial charge in [0.15, 0.2) is 0 Å². The number of hydrogen-bond acceptors (Lipinski definition) is 3. The van der Waals surface area contributed by atoms with Gasteiger partial charge in [0.25, 0.3) is 0 Å². The number of pyridine rings is 3. The van der Waals surface area contributed by atoms with E-state index in [0.29, 0.717) is 0 Å². The number of rotatable bonds is 0. The number of benzene rings is 2. The van der Waals surface area contributed by atoms with Crippen LogP contribution in [0.3, 0.4) is 0 Å². The van der Waals surface area contributed by atoms with Crippen LogP contribution in [0.2, 0.25) is 0 Å². The average Bonchev–Trinajstić information content (AvgIpc) is 3.30. The Hall–Kier alpha value is -3.79. The summed E-state index contributed by atoms with van der Waals surface area (Å²) in [5.41, 5.74) is 9.32. The molecule has 0 spiro atoms. The van der Waals surface area contributed by atoms with Gasteiger partial charge in [-0.2, -0.15) is 0 Å². The zero-order chi connectivity index (χ0) is 18.2. The summed E-state index contributed by atoms with van der Waals surface area (Å²) in [7, 11) is 0. The second kappa shape index (κ2) is 4.93. The highest BCUT2D eigenvalue weighted by Crippen LogP contribution is 2.40. The van der Waals surface area contributed by atoms with E-state index in [0.717, 1.165) is 44.9 Å². The number of hydrogen-bond donors (Lipinski definition) is 0. The molecule has 0 fully saturated rings. The van der Waals surface area contributed by atoms with Gasteiger partial charge in [0, 0.05) is 29.4 Å². The maximum Gasteiger partial charge on any atom is 0.149 e. The summed E-state index contributed by atoms with van der Waals surface area (Å²) in [6.45, 7) is 0. The summed E-state index contributed by atoms with van der Waals surface area (Å²) in [6.07, 6.45) is 6.56. The van der Waals surface area contributed by atoms with Crippen molar-refractivity contribution in [2.24, 2.45) is 0 Å². The molecule has 1 aliphatic carbocycles. The SMILES string of the molecule is c1ccc2c(c1)Cc1cc3nc4c5cnccc5c5cccnc5n4c3cc1-2. The average molecular weight is 358 g/mol. The summed E-state index contributed by atoms with van der Waals surface area (Å²) in [4.78, 5) is 14.1. The quantitative estimate of drug-likeness (QED) is 0.352. The lowest BCUT2D eigenvalue weighted by Gasteiger charge is -2.07. The van der Waals surface area contributed by atoms with Crippen molar-refractivity contribution in [3.63, 3.8) is 0 Å². The molecule has 2 aromatic carbocycles. The van der Waals surface area contributed by atoms with Crippen LogP contribution in [0.15, 0.2) is 73.2 Å². The normalized spacial score (nSPS) is 12.9. The maximum atomic E-state index is 5.02. The standard InChI is InChI=1S/C24H14N4/c1-2-5-16-14(4-1)10-15-11-21-22(12-19(15)16)28-23-18(6-3-8-26-23)17-7-9-25-13-20(17)24(28)27-21/h1-9,11-13H,10H2. The predicted molar refractivity (Wildman–Crippen MR) is 112 cm³/mol. The lowest BCUT2D eigenvalue weighted by atomic mass is 10.1. The van der Waals surface area contributed by atoms with Crippen molar-refractivity contribution in [1.29, 1.82) is 0 Å². The van der Waals surface area contributed by atoms with Crippen molar-refractivity contribution in [1.82, 2.24) is 19.4 Å². The topological polar surface area (TPSA) is 43.1 Å². The number of imidazole rings is 1. The summed E-state index contributed by atoms with van der Waals surface area (Å²) in [6, 6.07) is 19.4. The van der Waals surface area contributed by atoms with Gasteiger partial charge in [0.1, 0.15) is 11.3 Å². The highest BCUT2D eigenvalue weighted by atomic mass is 15.1. The fraction of sp³-hybridized carbons (Fsp3) is 0.0417. The molecule has 4 nitrogen and oxygen atoms in total. The van der Waals surface area contributed by atoms with Gasteiger partial charge in [-0.3, -0.25) is 9.38 Å². The van der Waals surface area contributed by atoms with E-state index in [1.54, 1.807) is 0 Å². The Morgan fingerprint density at radius 1 is 0.750 bits per heavy atom. The first-order valence-electron chi connectivity index (χ1n) is 9.42. The Bertz CT molecular complexity index is 1590. The van der Waals surface area contributed by atoms with E-state index in [1.807, 2.05) is 24.7 Å². The molecule has 0 amide bonds. The molecular formula is C24H14N4. The van der Waals surface area contributed by atoms with Crippen molar-refractivity contribution >= 4 is 38.5 Å². The minimum absolute atomic E-state index is 0.918. The Morgan fingerprint density at radius 2 is 1.71 bits per heavy atom. The summed E-state index contributed by atoms with van der Waals surface area (Å²) >= 11 is 0. The number of nitrogens with zero attached hydrogens (tertiary/aromatic N) is 4. The second-order valence-corrected chi connectivity index (χ2v) is 7.40. The Labute approximate surface area is 160 Å². The molecule has 0 unspecified atom stereocenters. The first kappa shape index (κ1) is 14.3. The lowest BCUT2D eigenvalue weighted by Crippen LogP contribution is -1.94. The molecule has 0 atom stereocenters. The highest BCUT2D eigenvalue weighted by Gasteiger charge is 2.21. The molecule has 4 heterocycles. The van der Waals surface area contributed by atoms with Gasteiger partial charge < -0.3 is 0 Å². The molecule has 4 aromatic heterocycles. The van der Waals surface area contributed by atoms with Crippen molar-refractivity contribution in [3.05, 3.63) is 84.3 Å². The Balaban J connectivity index is 1.72. The van der Waals surface area contributed by atoms with Crippen LogP contribution < -0.4 is 0 Å². The van der Waals surface area contributed by atoms with Crippen molar-refractivity contribution in [3.8, 4) is 11.1 Å². The van der Waals surface area contributed by atoms with Gasteiger partial charge in [-0.1, -0.05) is 24.3 Å². The monoisotopic (exact) mass is 358 g/mol. The first-order valence-corrected chi connectivity index (χ1v) is 9.42. The van der Waals surface area contributed by atoms with Gasteiger partial charge in [-0.25, -0.2) is 9.97 Å². The minimum Gasteiger partial charge on any atom is -0.276 e. The zero-order valence-electron chi connectivity index (χ0n) is 14.9. The van der Waals surface area contributed by atoms with E-state index in [-0.39, 0.29) is 0 Å². The number of aromatic nitrogens is 4. The van der Waals surface area contributed by atoms with Gasteiger partial charge in [0.05, 0.1) is 11.0 Å². The summed E-state index contributed by atoms with van der Waals surface area (Å²) in [5.74, 6) is 0.